The van der Waals surface area contributed by atoms with E-state index in [0.717, 1.165) is 0 Å². The number of rotatable bonds is 2. The Labute approximate surface area is 134 Å². The van der Waals surface area contributed by atoms with Gasteiger partial charge in [0.25, 0.3) is 0 Å². The minimum Gasteiger partial charge on any atom is -0.375 e. The van der Waals surface area contributed by atoms with E-state index in [4.69, 9.17) is 41.6 Å². The Bertz CT molecular complexity index is 498. The Morgan fingerprint density at radius 3 is 2.32 bits per heavy atom. The average Bonchev–Trinajstić information content (AvgIpc) is 2.83. The highest BCUT2D eigenvalue weighted by atomic mass is 32.1. The number of nitrogens with zero attached hydrogens (tertiary/aromatic N) is 1. The molecule has 0 saturated carbocycles. The largest absolute Gasteiger partial charge is 0.375 e. The number of nitrogens with two attached hydrogens (primary N) is 1. The summed E-state index contributed by atoms with van der Waals surface area (Å²) in [4.78, 5) is 0. The van der Waals surface area contributed by atoms with Gasteiger partial charge in [-0.3, -0.25) is 5.43 Å². The van der Waals surface area contributed by atoms with Gasteiger partial charge in [-0.2, -0.15) is 5.10 Å². The fraction of sp³-hybridized carbons (Fsp3) is 0.846. The van der Waals surface area contributed by atoms with Gasteiger partial charge < -0.3 is 29.4 Å². The van der Waals surface area contributed by atoms with Crippen LogP contribution in [0.2, 0.25) is 0 Å². The number of nitrogens with one attached hydrogen (secondary N) is 1. The van der Waals surface area contributed by atoms with Crippen molar-refractivity contribution in [3.63, 3.8) is 0 Å². The summed E-state index contributed by atoms with van der Waals surface area (Å²) in [5.41, 5.74) is 7.84. The molecule has 3 saturated heterocycles. The van der Waals surface area contributed by atoms with E-state index in [1.165, 1.54) is 0 Å². The molecule has 0 aromatic heterocycles. The Morgan fingerprint density at radius 2 is 1.64 bits per heavy atom. The molecule has 3 N–H and O–H groups in total. The summed E-state index contributed by atoms with van der Waals surface area (Å²) in [6.07, 6.45) is -0.480. The molecule has 0 aliphatic carbocycles. The first-order valence-corrected chi connectivity index (χ1v) is 7.53. The van der Waals surface area contributed by atoms with Crippen molar-refractivity contribution in [2.45, 2.75) is 70.0 Å². The molecule has 0 aromatic rings. The van der Waals surface area contributed by atoms with Crippen LogP contribution in [0, 0.1) is 0 Å². The number of hydrogen-bond donors (Lipinski definition) is 2. The first kappa shape index (κ1) is 16.0. The minimum absolute atomic E-state index is 0.0759. The zero-order chi connectivity index (χ0) is 16.1. The van der Waals surface area contributed by atoms with E-state index < -0.39 is 24.0 Å². The van der Waals surface area contributed by atoms with Crippen molar-refractivity contribution in [3.8, 4) is 0 Å². The van der Waals surface area contributed by atoms with Crippen LogP contribution in [0.25, 0.3) is 0 Å². The van der Waals surface area contributed by atoms with Gasteiger partial charge in [-0.15, -0.1) is 0 Å². The Hall–Kier alpha value is -0.840. The lowest BCUT2D eigenvalue weighted by Gasteiger charge is -2.35. The van der Waals surface area contributed by atoms with Gasteiger partial charge in [-0.25, -0.2) is 0 Å². The number of hydrazone groups is 1. The van der Waals surface area contributed by atoms with Crippen molar-refractivity contribution in [2.75, 3.05) is 0 Å². The van der Waals surface area contributed by atoms with Crippen LogP contribution in [-0.4, -0.2) is 53.6 Å². The van der Waals surface area contributed by atoms with Gasteiger partial charge >= 0.3 is 0 Å². The molecule has 3 fully saturated rings. The number of ether oxygens (including phenoxy) is 5. The SMILES string of the molecule is CC1(C)O[C@H]2[C@@H](O1)[C@@H](/C=N/NC(N)=S)O[C@@H]1OC(C)(C)O[C@@H]12. The van der Waals surface area contributed by atoms with Crippen LogP contribution in [0.15, 0.2) is 5.10 Å². The van der Waals surface area contributed by atoms with E-state index in [9.17, 15) is 0 Å². The maximum absolute atomic E-state index is 5.98. The zero-order valence-corrected chi connectivity index (χ0v) is 13.8. The molecule has 124 valence electrons. The third-order valence-electron chi connectivity index (χ3n) is 3.59. The highest BCUT2D eigenvalue weighted by Crippen LogP contribution is 2.43. The van der Waals surface area contributed by atoms with Crippen LogP contribution in [-0.2, 0) is 23.7 Å². The van der Waals surface area contributed by atoms with Gasteiger partial charge in [0, 0.05) is 0 Å². The molecular formula is C13H21N3O5S. The molecule has 22 heavy (non-hydrogen) atoms. The third kappa shape index (κ3) is 3.10. The number of fused-ring (bicyclic) bond motifs is 3. The van der Waals surface area contributed by atoms with E-state index in [1.807, 2.05) is 27.7 Å². The van der Waals surface area contributed by atoms with E-state index in [1.54, 1.807) is 6.21 Å². The lowest BCUT2D eigenvalue weighted by Crippen LogP contribution is -2.55. The second kappa shape index (κ2) is 5.36. The summed E-state index contributed by atoms with van der Waals surface area (Å²) in [6.45, 7) is 7.37. The molecule has 8 nitrogen and oxygen atoms in total. The molecule has 0 bridgehead atoms. The molecule has 3 aliphatic heterocycles. The highest BCUT2D eigenvalue weighted by Gasteiger charge is 2.60. The molecule has 0 amide bonds. The Morgan fingerprint density at radius 1 is 1.05 bits per heavy atom. The van der Waals surface area contributed by atoms with E-state index in [-0.39, 0.29) is 23.4 Å². The van der Waals surface area contributed by atoms with Crippen LogP contribution in [0.4, 0.5) is 0 Å². The van der Waals surface area contributed by atoms with Gasteiger partial charge in [-0.1, -0.05) is 0 Å². The highest BCUT2D eigenvalue weighted by molar-refractivity contribution is 7.80. The molecule has 3 aliphatic rings. The van der Waals surface area contributed by atoms with Crippen LogP contribution in [0.5, 0.6) is 0 Å². The van der Waals surface area contributed by atoms with Gasteiger partial charge in [-0.05, 0) is 39.9 Å². The molecule has 3 rings (SSSR count). The van der Waals surface area contributed by atoms with Crippen molar-refractivity contribution in [3.05, 3.63) is 0 Å². The van der Waals surface area contributed by atoms with E-state index in [0.29, 0.717) is 0 Å². The summed E-state index contributed by atoms with van der Waals surface area (Å²) in [7, 11) is 0. The molecule has 0 radical (unpaired) electrons. The van der Waals surface area contributed by atoms with Crippen molar-refractivity contribution >= 4 is 23.5 Å². The fourth-order valence-corrected chi connectivity index (χ4v) is 2.99. The lowest BCUT2D eigenvalue weighted by atomic mass is 10.00. The van der Waals surface area contributed by atoms with Crippen LogP contribution in [0.1, 0.15) is 27.7 Å². The topological polar surface area (TPSA) is 96.6 Å². The summed E-state index contributed by atoms with van der Waals surface area (Å²) in [5, 5.41) is 4.03. The van der Waals surface area contributed by atoms with Gasteiger partial charge in [0.05, 0.1) is 6.21 Å². The van der Waals surface area contributed by atoms with Crippen molar-refractivity contribution in [1.82, 2.24) is 5.43 Å². The molecule has 0 aromatic carbocycles. The minimum atomic E-state index is -0.737. The second-order valence-electron chi connectivity index (χ2n) is 6.39. The van der Waals surface area contributed by atoms with Crippen LogP contribution >= 0.6 is 12.2 Å². The summed E-state index contributed by atoms with van der Waals surface area (Å²) in [5.74, 6) is -1.47. The second-order valence-corrected chi connectivity index (χ2v) is 6.83. The monoisotopic (exact) mass is 331 g/mol. The van der Waals surface area contributed by atoms with Gasteiger partial charge in [0.1, 0.15) is 24.4 Å². The zero-order valence-electron chi connectivity index (χ0n) is 12.9. The smallest absolute Gasteiger partial charge is 0.190 e. The Kier molecular flexibility index (Phi) is 3.91. The number of thiocarbonyl (C=S) groups is 1. The molecule has 5 atom stereocenters. The maximum atomic E-state index is 5.98. The number of hydrogen-bond acceptors (Lipinski definition) is 7. The lowest BCUT2D eigenvalue weighted by molar-refractivity contribution is -0.217. The van der Waals surface area contributed by atoms with Crippen molar-refractivity contribution in [1.29, 1.82) is 0 Å². The molecule has 0 spiro atoms. The van der Waals surface area contributed by atoms with E-state index >= 15 is 0 Å². The summed E-state index contributed by atoms with van der Waals surface area (Å²) < 4.78 is 29.5. The first-order valence-electron chi connectivity index (χ1n) is 7.12. The van der Waals surface area contributed by atoms with Crippen LogP contribution < -0.4 is 11.2 Å². The first-order chi connectivity index (χ1) is 10.2. The molecular weight excluding hydrogens is 310 g/mol. The standard InChI is InChI=1S/C13H21N3O5S/c1-12(2)18-7-6(5-15-16-11(14)22)17-10-9(8(7)19-12)20-13(3,4)21-10/h5-10H,1-4H3,(H3,14,16,22)/b15-5+/t6-,7+,8+,9-,10-/m1/s1. The molecule has 0 unspecified atom stereocenters. The van der Waals surface area contributed by atoms with Crippen molar-refractivity contribution < 1.29 is 23.7 Å². The predicted octanol–water partition coefficient (Wildman–Crippen LogP) is 0.202. The predicted molar refractivity (Wildman–Crippen MR) is 80.9 cm³/mol. The average molecular weight is 331 g/mol. The maximum Gasteiger partial charge on any atom is 0.190 e. The summed E-state index contributed by atoms with van der Waals surface area (Å²) in [6, 6.07) is 0. The van der Waals surface area contributed by atoms with Gasteiger partial charge in [0.15, 0.2) is 23.0 Å². The van der Waals surface area contributed by atoms with Crippen molar-refractivity contribution in [2.24, 2.45) is 10.8 Å². The van der Waals surface area contributed by atoms with Gasteiger partial charge in [0.2, 0.25) is 0 Å². The van der Waals surface area contributed by atoms with Crippen LogP contribution in [0.3, 0.4) is 0 Å². The van der Waals surface area contributed by atoms with E-state index in [2.05, 4.69) is 10.5 Å². The fourth-order valence-electron chi connectivity index (χ4n) is 2.94. The molecule has 3 heterocycles. The molecule has 9 heteroatoms. The summed E-state index contributed by atoms with van der Waals surface area (Å²) >= 11 is 4.71. The quantitative estimate of drug-likeness (QED) is 0.421. The Balaban J connectivity index is 1.81. The third-order valence-corrected chi connectivity index (χ3v) is 3.68. The normalized spacial score (nSPS) is 42.1.